The molecule has 0 aromatic rings. The lowest BCUT2D eigenvalue weighted by Gasteiger charge is -2.37. The number of carbonyl (C=O) groups excluding carboxylic acids is 2. The summed E-state index contributed by atoms with van der Waals surface area (Å²) in [5.74, 6) is -0.837. The van der Waals surface area contributed by atoms with Crippen molar-refractivity contribution in [2.45, 2.75) is 46.6 Å². The number of fused-ring (bicyclic) bond motifs is 2. The van der Waals surface area contributed by atoms with Gasteiger partial charge in [-0.3, -0.25) is 14.9 Å². The number of esters is 1. The van der Waals surface area contributed by atoms with E-state index in [0.717, 1.165) is 6.42 Å². The van der Waals surface area contributed by atoms with E-state index in [1.807, 2.05) is 20.8 Å². The third-order valence-electron chi connectivity index (χ3n) is 5.39. The molecule has 130 valence electrons. The van der Waals surface area contributed by atoms with E-state index in [2.05, 4.69) is 30.6 Å². The van der Waals surface area contributed by atoms with E-state index in [9.17, 15) is 9.59 Å². The van der Waals surface area contributed by atoms with Crippen molar-refractivity contribution in [2.24, 2.45) is 35.5 Å². The Morgan fingerprint density at radius 3 is 2.13 bits per heavy atom. The Morgan fingerprint density at radius 1 is 1.13 bits per heavy atom. The van der Waals surface area contributed by atoms with Crippen LogP contribution >= 0.6 is 0 Å². The van der Waals surface area contributed by atoms with E-state index in [0.29, 0.717) is 11.8 Å². The maximum Gasteiger partial charge on any atom is 0.310 e. The fraction of sp³-hybridized carbons (Fsp3) is 0.765. The van der Waals surface area contributed by atoms with E-state index >= 15 is 0 Å². The van der Waals surface area contributed by atoms with Gasteiger partial charge in [0.25, 0.3) is 0 Å². The minimum atomic E-state index is -0.591. The summed E-state index contributed by atoms with van der Waals surface area (Å²) in [4.78, 5) is 29.2. The van der Waals surface area contributed by atoms with Crippen LogP contribution in [0.15, 0.2) is 12.5 Å². The lowest BCUT2D eigenvalue weighted by atomic mass is 9.69. The quantitative estimate of drug-likeness (QED) is 0.359. The van der Waals surface area contributed by atoms with Crippen LogP contribution in [0.25, 0.3) is 0 Å². The zero-order valence-electron chi connectivity index (χ0n) is 14.5. The molecule has 2 rings (SSSR count). The first kappa shape index (κ1) is 17.8. The van der Waals surface area contributed by atoms with E-state index in [1.165, 1.54) is 0 Å². The molecule has 0 saturated heterocycles. The molecular weight excluding hydrogens is 298 g/mol. The second-order valence-corrected chi connectivity index (χ2v) is 7.87. The number of rotatable bonds is 4. The van der Waals surface area contributed by atoms with E-state index < -0.39 is 17.4 Å². The van der Waals surface area contributed by atoms with Gasteiger partial charge in [-0.1, -0.05) is 13.8 Å². The molecule has 0 aromatic carbocycles. The van der Waals surface area contributed by atoms with Crippen molar-refractivity contribution in [3.63, 3.8) is 0 Å². The number of hydrogen-bond donors (Lipinski definition) is 2. The van der Waals surface area contributed by atoms with Crippen LogP contribution in [0.2, 0.25) is 0 Å². The summed E-state index contributed by atoms with van der Waals surface area (Å²) in [6.45, 7) is 13.1. The fourth-order valence-electron chi connectivity index (χ4n) is 4.30. The molecule has 0 aliphatic heterocycles. The molecule has 0 spiro atoms. The second-order valence-electron chi connectivity index (χ2n) is 7.87. The molecule has 6 unspecified atom stereocenters. The third-order valence-corrected chi connectivity index (χ3v) is 5.39. The molecule has 2 fully saturated rings. The zero-order valence-corrected chi connectivity index (χ0v) is 14.5. The zero-order chi connectivity index (χ0) is 17.5. The highest BCUT2D eigenvalue weighted by molar-refractivity contribution is 5.87. The normalized spacial score (nSPS) is 35.7. The minimum Gasteiger partial charge on any atom is -0.460 e. The highest BCUT2D eigenvalue weighted by Crippen LogP contribution is 2.58. The van der Waals surface area contributed by atoms with Crippen LogP contribution in [0.5, 0.6) is 0 Å². The van der Waals surface area contributed by atoms with Gasteiger partial charge in [0.2, 0.25) is 11.8 Å². The molecule has 2 aliphatic carbocycles. The summed E-state index contributed by atoms with van der Waals surface area (Å²) in [6.07, 6.45) is 0.844. The molecule has 6 heteroatoms. The molecule has 0 aromatic heterocycles. The standard InChI is InChI=1S/C17H27NO5/c1-8-9(2)12-7-11(8)13(15(19)18-10(3)23-21)14(12)16(20)22-17(4,5)6/h8-9,11-14,21H,3,7H2,1-2,4-6H3,(H,18,19). The predicted octanol–water partition coefficient (Wildman–Crippen LogP) is 2.56. The molecular formula is C17H27NO5. The van der Waals surface area contributed by atoms with E-state index in [1.54, 1.807) is 0 Å². The molecule has 6 atom stereocenters. The Morgan fingerprint density at radius 2 is 1.65 bits per heavy atom. The van der Waals surface area contributed by atoms with Crippen LogP contribution in [-0.2, 0) is 19.2 Å². The van der Waals surface area contributed by atoms with Crippen LogP contribution in [-0.4, -0.2) is 22.7 Å². The number of carbonyl (C=O) groups is 2. The maximum atomic E-state index is 12.7. The van der Waals surface area contributed by atoms with Crippen molar-refractivity contribution in [3.05, 3.63) is 12.5 Å². The van der Waals surface area contributed by atoms with Gasteiger partial charge in [0.05, 0.1) is 11.8 Å². The van der Waals surface area contributed by atoms with Crippen LogP contribution < -0.4 is 5.32 Å². The van der Waals surface area contributed by atoms with Gasteiger partial charge >= 0.3 is 5.97 Å². The number of hydrogen-bond acceptors (Lipinski definition) is 5. The summed E-state index contributed by atoms with van der Waals surface area (Å²) in [5.41, 5.74) is -0.591. The Balaban J connectivity index is 2.24. The van der Waals surface area contributed by atoms with Gasteiger partial charge in [0.15, 0.2) is 0 Å². The first-order valence-corrected chi connectivity index (χ1v) is 8.11. The summed E-state index contributed by atoms with van der Waals surface area (Å²) in [7, 11) is 0. The van der Waals surface area contributed by atoms with Crippen molar-refractivity contribution >= 4 is 11.9 Å². The molecule has 0 heterocycles. The highest BCUT2D eigenvalue weighted by Gasteiger charge is 2.60. The van der Waals surface area contributed by atoms with Crippen molar-refractivity contribution < 1.29 is 24.5 Å². The molecule has 2 aliphatic rings. The smallest absolute Gasteiger partial charge is 0.310 e. The summed E-state index contributed by atoms with van der Waals surface area (Å²) in [6, 6.07) is 0. The Kier molecular flexibility index (Phi) is 4.76. The fourth-order valence-corrected chi connectivity index (χ4v) is 4.30. The van der Waals surface area contributed by atoms with E-state index in [-0.39, 0.29) is 29.6 Å². The van der Waals surface area contributed by atoms with E-state index in [4.69, 9.17) is 9.99 Å². The highest BCUT2D eigenvalue weighted by atomic mass is 17.1. The van der Waals surface area contributed by atoms with Gasteiger partial charge in [-0.25, -0.2) is 5.26 Å². The number of amides is 1. The molecule has 6 nitrogen and oxygen atoms in total. The number of nitrogens with one attached hydrogen (secondary N) is 1. The van der Waals surface area contributed by atoms with Gasteiger partial charge in [0.1, 0.15) is 5.60 Å². The van der Waals surface area contributed by atoms with Crippen LogP contribution in [0, 0.1) is 35.5 Å². The van der Waals surface area contributed by atoms with Crippen molar-refractivity contribution in [3.8, 4) is 0 Å². The second kappa shape index (κ2) is 6.15. The first-order valence-electron chi connectivity index (χ1n) is 8.11. The molecule has 0 radical (unpaired) electrons. The van der Waals surface area contributed by atoms with Crippen molar-refractivity contribution in [1.82, 2.24) is 5.32 Å². The Hall–Kier alpha value is -1.56. The number of ether oxygens (including phenoxy) is 1. The average Bonchev–Trinajstić information content (AvgIpc) is 2.94. The van der Waals surface area contributed by atoms with Crippen LogP contribution in [0.1, 0.15) is 41.0 Å². The maximum absolute atomic E-state index is 12.7. The van der Waals surface area contributed by atoms with Crippen molar-refractivity contribution in [1.29, 1.82) is 0 Å². The average molecular weight is 325 g/mol. The van der Waals surface area contributed by atoms with Gasteiger partial charge in [-0.05, 0) is 57.4 Å². The van der Waals surface area contributed by atoms with Gasteiger partial charge in [-0.2, -0.15) is 0 Å². The molecule has 1 amide bonds. The van der Waals surface area contributed by atoms with Gasteiger partial charge in [0, 0.05) is 0 Å². The van der Waals surface area contributed by atoms with Crippen LogP contribution in [0.3, 0.4) is 0 Å². The summed E-state index contributed by atoms with van der Waals surface area (Å²) >= 11 is 0. The lowest BCUT2D eigenvalue weighted by molar-refractivity contribution is -0.209. The first-order chi connectivity index (χ1) is 10.6. The summed E-state index contributed by atoms with van der Waals surface area (Å²) < 4.78 is 5.55. The van der Waals surface area contributed by atoms with Crippen LogP contribution in [0.4, 0.5) is 0 Å². The van der Waals surface area contributed by atoms with Gasteiger partial charge < -0.3 is 9.62 Å². The molecule has 23 heavy (non-hydrogen) atoms. The third kappa shape index (κ3) is 3.37. The minimum absolute atomic E-state index is 0.124. The molecule has 2 N–H and O–H groups in total. The molecule has 2 saturated carbocycles. The van der Waals surface area contributed by atoms with Gasteiger partial charge in [-0.15, -0.1) is 0 Å². The molecule has 2 bridgehead atoms. The SMILES string of the molecule is C=C(NC(=O)C1C2CC(C(C)C2C)C1C(=O)OC(C)(C)C)OO. The Labute approximate surface area is 137 Å². The Bertz CT molecular complexity index is 510. The largest absolute Gasteiger partial charge is 0.460 e. The monoisotopic (exact) mass is 325 g/mol. The lowest BCUT2D eigenvalue weighted by Crippen LogP contribution is -2.46. The van der Waals surface area contributed by atoms with Crippen molar-refractivity contribution in [2.75, 3.05) is 0 Å². The topological polar surface area (TPSA) is 84.9 Å². The predicted molar refractivity (Wildman–Crippen MR) is 83.7 cm³/mol. The summed E-state index contributed by atoms with van der Waals surface area (Å²) in [5, 5.41) is 11.0.